The second-order valence-corrected chi connectivity index (χ2v) is 4.27. The molecule has 0 atom stereocenters. The monoisotopic (exact) mass is 184 g/mol. The Hall–Kier alpha value is -0.273. The molecule has 0 N–H and O–H groups in total. The zero-order valence-electron chi connectivity index (χ0n) is 7.02. The Bertz CT molecular complexity index is 225. The molecule has 0 aliphatic heterocycles. The van der Waals surface area contributed by atoms with Gasteiger partial charge in [0, 0.05) is 15.3 Å². The Balaban J connectivity index is 3.00. The van der Waals surface area contributed by atoms with Crippen molar-refractivity contribution in [1.29, 1.82) is 0 Å². The van der Waals surface area contributed by atoms with Crippen LogP contribution in [0.1, 0.15) is 18.9 Å². The minimum Gasteiger partial charge on any atom is -0.0840 e. The maximum atomic E-state index is 6.03. The first kappa shape index (κ1) is 8.82. The average molecular weight is 185 g/mol. The molecule has 1 rings (SSSR count). The Morgan fingerprint density at radius 3 is 2.73 bits per heavy atom. The molecule has 2 heteroatoms. The minimum absolute atomic E-state index is 0.944. The fourth-order valence-corrected chi connectivity index (χ4v) is 2.42. The first-order valence-corrected chi connectivity index (χ1v) is 5.37. The van der Waals surface area contributed by atoms with Crippen LogP contribution in [0.15, 0.2) is 18.2 Å². The SMILES string of the molecule is CCCc1c([SiH3])cccc1Cl. The lowest BCUT2D eigenvalue weighted by molar-refractivity contribution is 0.927. The standard InChI is InChI=1S/C9H13ClSi/c1-2-4-7-8(10)5-3-6-9(7)11/h3,5-6H,2,4H2,1,11H3. The van der Waals surface area contributed by atoms with Crippen LogP contribution in [0.25, 0.3) is 0 Å². The molecule has 0 spiro atoms. The molecule has 0 radical (unpaired) electrons. The van der Waals surface area contributed by atoms with Crippen molar-refractivity contribution in [2.75, 3.05) is 0 Å². The summed E-state index contributed by atoms with van der Waals surface area (Å²) in [6.07, 6.45) is 2.30. The van der Waals surface area contributed by atoms with Gasteiger partial charge in [0.15, 0.2) is 0 Å². The summed E-state index contributed by atoms with van der Waals surface area (Å²) in [5, 5.41) is 2.39. The zero-order valence-corrected chi connectivity index (χ0v) is 9.78. The third kappa shape index (κ3) is 2.08. The van der Waals surface area contributed by atoms with Gasteiger partial charge < -0.3 is 0 Å². The maximum Gasteiger partial charge on any atom is 0.0436 e. The smallest absolute Gasteiger partial charge is 0.0436 e. The summed E-state index contributed by atoms with van der Waals surface area (Å²) < 4.78 is 0. The summed E-state index contributed by atoms with van der Waals surface area (Å²) >= 11 is 6.03. The van der Waals surface area contributed by atoms with Crippen molar-refractivity contribution in [2.45, 2.75) is 19.8 Å². The quantitative estimate of drug-likeness (QED) is 0.608. The number of hydrogen-bond acceptors (Lipinski definition) is 0. The Labute approximate surface area is 76.0 Å². The van der Waals surface area contributed by atoms with Gasteiger partial charge in [0.2, 0.25) is 0 Å². The van der Waals surface area contributed by atoms with E-state index in [-0.39, 0.29) is 0 Å². The van der Waals surface area contributed by atoms with E-state index in [1.807, 2.05) is 12.1 Å². The molecular weight excluding hydrogens is 172 g/mol. The van der Waals surface area contributed by atoms with Crippen LogP contribution in [-0.4, -0.2) is 10.2 Å². The second kappa shape index (κ2) is 3.93. The molecule has 0 aliphatic carbocycles. The number of rotatable bonds is 2. The third-order valence-corrected chi connectivity index (χ3v) is 3.14. The van der Waals surface area contributed by atoms with Crippen molar-refractivity contribution >= 4 is 27.0 Å². The summed E-state index contributed by atoms with van der Waals surface area (Å²) in [4.78, 5) is 0. The van der Waals surface area contributed by atoms with E-state index in [1.54, 1.807) is 0 Å². The fourth-order valence-electron chi connectivity index (χ4n) is 1.23. The van der Waals surface area contributed by atoms with Crippen LogP contribution in [0.3, 0.4) is 0 Å². The van der Waals surface area contributed by atoms with E-state index in [0.717, 1.165) is 21.7 Å². The predicted molar refractivity (Wildman–Crippen MR) is 55.0 cm³/mol. The fraction of sp³-hybridized carbons (Fsp3) is 0.333. The van der Waals surface area contributed by atoms with E-state index in [1.165, 1.54) is 17.2 Å². The van der Waals surface area contributed by atoms with E-state index >= 15 is 0 Å². The van der Waals surface area contributed by atoms with Crippen LogP contribution in [0.2, 0.25) is 5.02 Å². The Morgan fingerprint density at radius 1 is 1.45 bits per heavy atom. The third-order valence-electron chi connectivity index (χ3n) is 1.85. The number of halogens is 1. The van der Waals surface area contributed by atoms with Crippen molar-refractivity contribution in [3.8, 4) is 0 Å². The maximum absolute atomic E-state index is 6.03. The molecule has 0 unspecified atom stereocenters. The highest BCUT2D eigenvalue weighted by molar-refractivity contribution is 6.37. The lowest BCUT2D eigenvalue weighted by Gasteiger charge is -2.05. The molecule has 11 heavy (non-hydrogen) atoms. The van der Waals surface area contributed by atoms with Gasteiger partial charge in [0.25, 0.3) is 0 Å². The summed E-state index contributed by atoms with van der Waals surface area (Å²) in [6.45, 7) is 2.18. The van der Waals surface area contributed by atoms with Gasteiger partial charge in [-0.05, 0) is 18.1 Å². The molecular formula is C9H13ClSi. The lowest BCUT2D eigenvalue weighted by atomic mass is 10.1. The molecule has 0 amide bonds. The van der Waals surface area contributed by atoms with Crippen LogP contribution in [0.4, 0.5) is 0 Å². The topological polar surface area (TPSA) is 0 Å². The first-order chi connectivity index (χ1) is 5.25. The van der Waals surface area contributed by atoms with Crippen LogP contribution >= 0.6 is 11.6 Å². The molecule has 0 aliphatic rings. The van der Waals surface area contributed by atoms with Crippen molar-refractivity contribution in [3.05, 3.63) is 28.8 Å². The molecule has 60 valence electrons. The van der Waals surface area contributed by atoms with Crippen LogP contribution < -0.4 is 5.19 Å². The predicted octanol–water partition coefficient (Wildman–Crippen LogP) is 1.28. The van der Waals surface area contributed by atoms with Crippen LogP contribution in [-0.2, 0) is 6.42 Å². The van der Waals surface area contributed by atoms with Crippen LogP contribution in [0.5, 0.6) is 0 Å². The number of hydrogen-bond donors (Lipinski definition) is 0. The summed E-state index contributed by atoms with van der Waals surface area (Å²) in [6, 6.07) is 6.18. The zero-order chi connectivity index (χ0) is 8.27. The molecule has 1 aromatic rings. The Morgan fingerprint density at radius 2 is 2.18 bits per heavy atom. The second-order valence-electron chi connectivity index (χ2n) is 2.79. The van der Waals surface area contributed by atoms with Crippen molar-refractivity contribution < 1.29 is 0 Å². The van der Waals surface area contributed by atoms with E-state index in [2.05, 4.69) is 13.0 Å². The van der Waals surface area contributed by atoms with Crippen LogP contribution in [0, 0.1) is 0 Å². The largest absolute Gasteiger partial charge is 0.0840 e. The highest BCUT2D eigenvalue weighted by atomic mass is 35.5. The van der Waals surface area contributed by atoms with Crippen molar-refractivity contribution in [2.24, 2.45) is 0 Å². The minimum atomic E-state index is 0.944. The highest BCUT2D eigenvalue weighted by Gasteiger charge is 2.00. The van der Waals surface area contributed by atoms with Gasteiger partial charge in [0.05, 0.1) is 0 Å². The van der Waals surface area contributed by atoms with E-state index in [4.69, 9.17) is 11.6 Å². The molecule has 0 bridgehead atoms. The highest BCUT2D eigenvalue weighted by Crippen LogP contribution is 2.13. The lowest BCUT2D eigenvalue weighted by Crippen LogP contribution is -2.09. The van der Waals surface area contributed by atoms with Gasteiger partial charge in [-0.1, -0.05) is 42.3 Å². The van der Waals surface area contributed by atoms with Gasteiger partial charge in [-0.15, -0.1) is 0 Å². The summed E-state index contributed by atoms with van der Waals surface area (Å²) in [7, 11) is 1.10. The van der Waals surface area contributed by atoms with Gasteiger partial charge in [-0.2, -0.15) is 0 Å². The Kier molecular flexibility index (Phi) is 3.15. The molecule has 0 saturated carbocycles. The molecule has 0 fully saturated rings. The molecule has 0 saturated heterocycles. The van der Waals surface area contributed by atoms with E-state index < -0.39 is 0 Å². The average Bonchev–Trinajstić information content (AvgIpc) is 1.97. The van der Waals surface area contributed by atoms with Gasteiger partial charge in [0.1, 0.15) is 0 Å². The molecule has 0 aromatic heterocycles. The van der Waals surface area contributed by atoms with Gasteiger partial charge >= 0.3 is 0 Å². The van der Waals surface area contributed by atoms with Crippen molar-refractivity contribution in [1.82, 2.24) is 0 Å². The van der Waals surface area contributed by atoms with Crippen molar-refractivity contribution in [3.63, 3.8) is 0 Å². The van der Waals surface area contributed by atoms with Gasteiger partial charge in [-0.3, -0.25) is 0 Å². The van der Waals surface area contributed by atoms with Gasteiger partial charge in [-0.25, -0.2) is 0 Å². The molecule has 1 aromatic carbocycles. The number of benzene rings is 1. The summed E-state index contributed by atoms with van der Waals surface area (Å²) in [5.41, 5.74) is 1.36. The summed E-state index contributed by atoms with van der Waals surface area (Å²) in [5.74, 6) is 0. The van der Waals surface area contributed by atoms with E-state index in [9.17, 15) is 0 Å². The first-order valence-electron chi connectivity index (χ1n) is 3.99. The van der Waals surface area contributed by atoms with E-state index in [0.29, 0.717) is 0 Å². The molecule has 0 heterocycles. The normalized spacial score (nSPS) is 10.4. The molecule has 0 nitrogen and oxygen atoms in total.